The van der Waals surface area contributed by atoms with Crippen molar-refractivity contribution >= 4 is 40.1 Å². The van der Waals surface area contributed by atoms with Gasteiger partial charge in [-0.15, -0.1) is 0 Å². The summed E-state index contributed by atoms with van der Waals surface area (Å²) in [5.41, 5.74) is 6.15. The minimum absolute atomic E-state index is 0.0543. The lowest BCUT2D eigenvalue weighted by molar-refractivity contribution is -0.118. The Hall–Kier alpha value is -1.64. The third kappa shape index (κ3) is 9.49. The summed E-state index contributed by atoms with van der Waals surface area (Å²) in [6.07, 6.45) is 1.30. The molecule has 0 aromatic heterocycles. The van der Waals surface area contributed by atoms with Crippen molar-refractivity contribution in [3.05, 3.63) is 29.8 Å². The van der Waals surface area contributed by atoms with Crippen LogP contribution in [0.1, 0.15) is 18.4 Å². The highest BCUT2D eigenvalue weighted by Crippen LogP contribution is 2.21. The Morgan fingerprint density at radius 3 is 2.54 bits per heavy atom. The number of amides is 1. The molecule has 1 aromatic rings. The molecule has 0 spiro atoms. The molecule has 0 heterocycles. The molecule has 4 N–H and O–H groups in total. The number of benzene rings is 1. The summed E-state index contributed by atoms with van der Waals surface area (Å²) in [6.45, 7) is 1.48. The largest absolute Gasteiger partial charge is 0.379 e. The minimum atomic E-state index is -0.313. The zero-order chi connectivity index (χ0) is 17.8. The molecule has 0 bridgehead atoms. The summed E-state index contributed by atoms with van der Waals surface area (Å²) in [6, 6.07) is 7.57. The molecule has 0 aliphatic carbocycles. The Morgan fingerprint density at radius 1 is 1.21 bits per heavy atom. The summed E-state index contributed by atoms with van der Waals surface area (Å²) in [7, 11) is 1.75. The molecule has 6 nitrogen and oxygen atoms in total. The van der Waals surface area contributed by atoms with Gasteiger partial charge in [0, 0.05) is 31.3 Å². The number of carbonyl (C=O) groups excluding carboxylic acids is 2. The van der Waals surface area contributed by atoms with Crippen molar-refractivity contribution in [1.82, 2.24) is 10.6 Å². The fraction of sp³-hybridized carbons (Fsp3) is 0.438. The molecule has 0 atom stereocenters. The van der Waals surface area contributed by atoms with Crippen LogP contribution in [0, 0.1) is 0 Å². The molecular formula is C16H23N3O3S2. The van der Waals surface area contributed by atoms with Gasteiger partial charge in [-0.05, 0) is 36.3 Å². The molecule has 0 unspecified atom stereocenters. The first-order valence-corrected chi connectivity index (χ1v) is 8.85. The number of carbonyl (C=O) groups is 2. The number of nitrogens with two attached hydrogens (primary N) is 1. The van der Waals surface area contributed by atoms with Crippen molar-refractivity contribution in [2.24, 2.45) is 5.73 Å². The van der Waals surface area contributed by atoms with E-state index in [0.717, 1.165) is 10.5 Å². The number of hydrogen-bond donors (Lipinski definition) is 3. The highest BCUT2D eigenvalue weighted by molar-refractivity contribution is 8.13. The fourth-order valence-corrected chi connectivity index (χ4v) is 2.58. The lowest BCUT2D eigenvalue weighted by Gasteiger charge is -2.07. The van der Waals surface area contributed by atoms with E-state index in [-0.39, 0.29) is 11.0 Å². The number of primary amides is 1. The number of nitrogens with one attached hydrogen (secondary N) is 2. The molecule has 0 saturated carbocycles. The van der Waals surface area contributed by atoms with Crippen molar-refractivity contribution < 1.29 is 14.3 Å². The summed E-state index contributed by atoms with van der Waals surface area (Å²) < 4.78 is 5.38. The van der Waals surface area contributed by atoms with E-state index in [9.17, 15) is 9.59 Å². The van der Waals surface area contributed by atoms with Gasteiger partial charge in [0.1, 0.15) is 0 Å². The maximum absolute atomic E-state index is 11.9. The van der Waals surface area contributed by atoms with Gasteiger partial charge in [0.15, 0.2) is 10.2 Å². The van der Waals surface area contributed by atoms with Gasteiger partial charge in [-0.2, -0.15) is 0 Å². The number of ether oxygens (including phenoxy) is 1. The monoisotopic (exact) mass is 369 g/mol. The molecule has 1 aromatic carbocycles. The Kier molecular flexibility index (Phi) is 10.1. The molecule has 0 saturated heterocycles. The van der Waals surface area contributed by atoms with Gasteiger partial charge in [0.05, 0.1) is 13.2 Å². The average molecular weight is 370 g/mol. The van der Waals surface area contributed by atoms with Crippen LogP contribution in [0.2, 0.25) is 0 Å². The van der Waals surface area contributed by atoms with Crippen LogP contribution in [0.3, 0.4) is 0 Å². The van der Waals surface area contributed by atoms with E-state index in [4.69, 9.17) is 22.7 Å². The Balaban J connectivity index is 2.18. The van der Waals surface area contributed by atoms with Crippen LogP contribution in [0.5, 0.6) is 0 Å². The molecule has 132 valence electrons. The third-order valence-corrected chi connectivity index (χ3v) is 4.31. The summed E-state index contributed by atoms with van der Waals surface area (Å²) in [5.74, 6) is -0.313. The molecule has 24 heavy (non-hydrogen) atoms. The number of thiocarbonyl (C=S) groups is 1. The molecule has 0 fully saturated rings. The average Bonchev–Trinajstić information content (AvgIpc) is 2.57. The molecule has 1 rings (SSSR count). The zero-order valence-corrected chi connectivity index (χ0v) is 15.3. The molecule has 8 heteroatoms. The van der Waals surface area contributed by atoms with Crippen LogP contribution < -0.4 is 16.4 Å². The van der Waals surface area contributed by atoms with Crippen LogP contribution in [-0.4, -0.2) is 42.9 Å². The quantitative estimate of drug-likeness (QED) is 0.324. The first kappa shape index (κ1) is 20.4. The van der Waals surface area contributed by atoms with Gasteiger partial charge in [-0.25, -0.2) is 0 Å². The van der Waals surface area contributed by atoms with Crippen LogP contribution in [0.4, 0.5) is 0 Å². The zero-order valence-electron chi connectivity index (χ0n) is 13.7. The van der Waals surface area contributed by atoms with Crippen LogP contribution >= 0.6 is 24.0 Å². The lowest BCUT2D eigenvalue weighted by Crippen LogP contribution is -2.34. The van der Waals surface area contributed by atoms with E-state index in [0.29, 0.717) is 44.1 Å². The maximum Gasteiger partial charge on any atom is 0.217 e. The lowest BCUT2D eigenvalue weighted by atomic mass is 10.1. The van der Waals surface area contributed by atoms with Crippen molar-refractivity contribution in [3.63, 3.8) is 0 Å². The van der Waals surface area contributed by atoms with Crippen molar-refractivity contribution in [2.45, 2.75) is 24.2 Å². The smallest absolute Gasteiger partial charge is 0.217 e. The van der Waals surface area contributed by atoms with Crippen molar-refractivity contribution in [2.75, 3.05) is 26.8 Å². The maximum atomic E-state index is 11.9. The van der Waals surface area contributed by atoms with E-state index in [1.807, 2.05) is 24.3 Å². The normalized spacial score (nSPS) is 10.2. The number of rotatable bonds is 10. The highest BCUT2D eigenvalue weighted by Gasteiger charge is 2.05. The fourth-order valence-electron chi connectivity index (χ4n) is 1.76. The predicted molar refractivity (Wildman–Crippen MR) is 99.9 cm³/mol. The highest BCUT2D eigenvalue weighted by atomic mass is 32.2. The van der Waals surface area contributed by atoms with Crippen LogP contribution in [-0.2, 0) is 20.7 Å². The van der Waals surface area contributed by atoms with Gasteiger partial charge in [0.25, 0.3) is 0 Å². The first-order valence-electron chi connectivity index (χ1n) is 7.62. The second-order valence-electron chi connectivity index (χ2n) is 4.95. The van der Waals surface area contributed by atoms with Crippen molar-refractivity contribution in [1.29, 1.82) is 0 Å². The van der Waals surface area contributed by atoms with Gasteiger partial charge >= 0.3 is 0 Å². The van der Waals surface area contributed by atoms with E-state index < -0.39 is 0 Å². The summed E-state index contributed by atoms with van der Waals surface area (Å²) >= 11 is 6.12. The van der Waals surface area contributed by atoms with Gasteiger partial charge in [0.2, 0.25) is 5.91 Å². The molecule has 0 aliphatic rings. The topological polar surface area (TPSA) is 93.4 Å². The second kappa shape index (κ2) is 11.8. The summed E-state index contributed by atoms with van der Waals surface area (Å²) in [4.78, 5) is 23.5. The van der Waals surface area contributed by atoms with Crippen LogP contribution in [0.15, 0.2) is 29.2 Å². The van der Waals surface area contributed by atoms with Crippen molar-refractivity contribution in [3.8, 4) is 0 Å². The van der Waals surface area contributed by atoms with Gasteiger partial charge in [-0.1, -0.05) is 23.9 Å². The van der Waals surface area contributed by atoms with E-state index >= 15 is 0 Å². The van der Waals surface area contributed by atoms with E-state index in [1.54, 1.807) is 7.05 Å². The summed E-state index contributed by atoms with van der Waals surface area (Å²) in [5, 5.41) is 6.39. The Labute approximate surface area is 151 Å². The predicted octanol–water partition coefficient (Wildman–Crippen LogP) is 1.22. The standard InChI is InChI=1S/C16H23N3O3S2/c1-18-16(23)19-9-11-22-10-8-15(21)24-13-5-2-12(3-6-13)4-7-14(17)20/h2-3,5-6H,4,7-11H2,1H3,(H2,17,20)(H2,18,19,23). The second-order valence-corrected chi connectivity index (χ2v) is 6.49. The number of thioether (sulfide) groups is 1. The SMILES string of the molecule is CNC(=S)NCCOCCC(=O)Sc1ccc(CCC(N)=O)cc1. The number of aryl methyl sites for hydroxylation is 1. The Bertz CT molecular complexity index is 550. The van der Waals surface area contributed by atoms with E-state index in [1.165, 1.54) is 11.8 Å². The van der Waals surface area contributed by atoms with E-state index in [2.05, 4.69) is 10.6 Å². The molecular weight excluding hydrogens is 346 g/mol. The molecule has 0 radical (unpaired) electrons. The molecule has 1 amide bonds. The minimum Gasteiger partial charge on any atom is -0.379 e. The molecule has 0 aliphatic heterocycles. The Morgan fingerprint density at radius 2 is 1.92 bits per heavy atom. The van der Waals surface area contributed by atoms with Gasteiger partial charge < -0.3 is 21.1 Å². The third-order valence-electron chi connectivity index (χ3n) is 3.02. The first-order chi connectivity index (χ1) is 11.5. The van der Waals surface area contributed by atoms with Crippen LogP contribution in [0.25, 0.3) is 0 Å². The number of hydrogen-bond acceptors (Lipinski definition) is 5. The van der Waals surface area contributed by atoms with Gasteiger partial charge in [-0.3, -0.25) is 9.59 Å².